The minimum Gasteiger partial charge on any atom is -0.494 e. The zero-order valence-electron chi connectivity index (χ0n) is 11.6. The monoisotopic (exact) mass is 276 g/mol. The summed E-state index contributed by atoms with van der Waals surface area (Å²) in [6.45, 7) is 3.48. The van der Waals surface area contributed by atoms with E-state index in [0.29, 0.717) is 23.7 Å². The molecule has 0 unspecified atom stereocenters. The lowest BCUT2D eigenvalue weighted by molar-refractivity contribution is -0.114. The minimum absolute atomic E-state index is 0.191. The van der Waals surface area contributed by atoms with Gasteiger partial charge in [0.05, 0.1) is 19.4 Å². The molecule has 1 amide bonds. The van der Waals surface area contributed by atoms with Crippen LogP contribution in [0.2, 0.25) is 0 Å². The van der Waals surface area contributed by atoms with Crippen LogP contribution in [0, 0.1) is 0 Å². The Morgan fingerprint density at radius 2 is 2.05 bits per heavy atom. The van der Waals surface area contributed by atoms with Gasteiger partial charge in [-0.25, -0.2) is 4.79 Å². The molecular weight excluding hydrogens is 260 g/mol. The number of hydrogen-bond donors (Lipinski definition) is 2. The van der Waals surface area contributed by atoms with E-state index in [0.717, 1.165) is 10.9 Å². The van der Waals surface area contributed by atoms with Crippen LogP contribution in [0.15, 0.2) is 18.2 Å². The van der Waals surface area contributed by atoms with E-state index in [4.69, 9.17) is 9.47 Å². The molecule has 0 aliphatic rings. The van der Waals surface area contributed by atoms with Crippen LogP contribution >= 0.6 is 0 Å². The maximum atomic E-state index is 11.7. The molecule has 0 saturated heterocycles. The average Bonchev–Trinajstić information content (AvgIpc) is 2.80. The van der Waals surface area contributed by atoms with Crippen molar-refractivity contribution in [2.45, 2.75) is 13.8 Å². The van der Waals surface area contributed by atoms with E-state index in [-0.39, 0.29) is 5.91 Å². The van der Waals surface area contributed by atoms with Crippen molar-refractivity contribution in [1.29, 1.82) is 0 Å². The molecular formula is C14H16N2O4. The molecule has 0 fully saturated rings. The standard InChI is InChI=1S/C14H16N2O4/c1-4-20-14(18)12-6-9-5-11(15-8(2)17)13(19-3)7-10(9)16-12/h5-7,16H,4H2,1-3H3,(H,15,17). The van der Waals surface area contributed by atoms with Crippen LogP contribution in [0.25, 0.3) is 10.9 Å². The third kappa shape index (κ3) is 2.74. The summed E-state index contributed by atoms with van der Waals surface area (Å²) in [5.74, 6) is -0.0856. The van der Waals surface area contributed by atoms with Gasteiger partial charge in [0.2, 0.25) is 5.91 Å². The van der Waals surface area contributed by atoms with Crippen molar-refractivity contribution >= 4 is 28.5 Å². The Morgan fingerprint density at radius 1 is 1.30 bits per heavy atom. The predicted octanol–water partition coefficient (Wildman–Crippen LogP) is 2.31. The Labute approximate surface area is 116 Å². The number of H-pyrrole nitrogens is 1. The second kappa shape index (κ2) is 5.64. The smallest absolute Gasteiger partial charge is 0.354 e. The van der Waals surface area contributed by atoms with E-state index in [1.165, 1.54) is 14.0 Å². The number of aromatic amines is 1. The first-order valence-electron chi connectivity index (χ1n) is 6.20. The van der Waals surface area contributed by atoms with Crippen molar-refractivity contribution < 1.29 is 19.1 Å². The summed E-state index contributed by atoms with van der Waals surface area (Å²) in [5, 5.41) is 3.48. The quantitative estimate of drug-likeness (QED) is 0.840. The van der Waals surface area contributed by atoms with E-state index in [1.54, 1.807) is 25.1 Å². The third-order valence-corrected chi connectivity index (χ3v) is 2.75. The molecule has 106 valence electrons. The van der Waals surface area contributed by atoms with Crippen LogP contribution in [0.4, 0.5) is 5.69 Å². The number of benzene rings is 1. The van der Waals surface area contributed by atoms with Gasteiger partial charge in [-0.15, -0.1) is 0 Å². The van der Waals surface area contributed by atoms with Gasteiger partial charge in [0, 0.05) is 23.9 Å². The highest BCUT2D eigenvalue weighted by Crippen LogP contribution is 2.30. The van der Waals surface area contributed by atoms with E-state index in [9.17, 15) is 9.59 Å². The summed E-state index contributed by atoms with van der Waals surface area (Å²) < 4.78 is 10.2. The van der Waals surface area contributed by atoms with Crippen molar-refractivity contribution in [3.8, 4) is 5.75 Å². The van der Waals surface area contributed by atoms with Crippen LogP contribution in [0.3, 0.4) is 0 Å². The van der Waals surface area contributed by atoms with E-state index in [1.807, 2.05) is 0 Å². The summed E-state index contributed by atoms with van der Waals surface area (Å²) in [6, 6.07) is 5.15. The fourth-order valence-electron chi connectivity index (χ4n) is 1.94. The topological polar surface area (TPSA) is 80.4 Å². The van der Waals surface area contributed by atoms with Crippen molar-refractivity contribution in [2.75, 3.05) is 19.0 Å². The molecule has 0 aliphatic carbocycles. The fraction of sp³-hybridized carbons (Fsp3) is 0.286. The van der Waals surface area contributed by atoms with Gasteiger partial charge in [0.15, 0.2) is 0 Å². The van der Waals surface area contributed by atoms with Gasteiger partial charge < -0.3 is 19.8 Å². The molecule has 1 heterocycles. The second-order valence-corrected chi connectivity index (χ2v) is 4.22. The SMILES string of the molecule is CCOC(=O)c1cc2cc(NC(C)=O)c(OC)cc2[nH]1. The molecule has 2 N–H and O–H groups in total. The van der Waals surface area contributed by atoms with Gasteiger partial charge in [-0.3, -0.25) is 4.79 Å². The number of amides is 1. The second-order valence-electron chi connectivity index (χ2n) is 4.22. The lowest BCUT2D eigenvalue weighted by Crippen LogP contribution is -2.06. The molecule has 0 atom stereocenters. The van der Waals surface area contributed by atoms with Crippen LogP contribution < -0.4 is 10.1 Å². The number of ether oxygens (including phenoxy) is 2. The van der Waals surface area contributed by atoms with E-state index >= 15 is 0 Å². The lowest BCUT2D eigenvalue weighted by atomic mass is 10.2. The molecule has 1 aromatic heterocycles. The van der Waals surface area contributed by atoms with Gasteiger partial charge in [-0.2, -0.15) is 0 Å². The molecule has 20 heavy (non-hydrogen) atoms. The van der Waals surface area contributed by atoms with Crippen LogP contribution in [-0.4, -0.2) is 30.6 Å². The first-order chi connectivity index (χ1) is 9.55. The molecule has 0 aliphatic heterocycles. The summed E-state index contributed by atoms with van der Waals surface area (Å²) in [6.07, 6.45) is 0. The van der Waals surface area contributed by atoms with E-state index in [2.05, 4.69) is 10.3 Å². The molecule has 6 nitrogen and oxygen atoms in total. The fourth-order valence-corrected chi connectivity index (χ4v) is 1.94. The maximum absolute atomic E-state index is 11.7. The number of anilines is 1. The van der Waals surface area contributed by atoms with Gasteiger partial charge >= 0.3 is 5.97 Å². The summed E-state index contributed by atoms with van der Waals surface area (Å²) in [4.78, 5) is 25.8. The molecule has 2 aromatic rings. The third-order valence-electron chi connectivity index (χ3n) is 2.75. The predicted molar refractivity (Wildman–Crippen MR) is 75.1 cm³/mol. The average molecular weight is 276 g/mol. The molecule has 0 spiro atoms. The number of carbonyl (C=O) groups excluding carboxylic acids is 2. The van der Waals surface area contributed by atoms with Crippen molar-refractivity contribution in [3.63, 3.8) is 0 Å². The van der Waals surface area contributed by atoms with Gasteiger partial charge in [-0.05, 0) is 19.1 Å². The Hall–Kier alpha value is -2.50. The van der Waals surface area contributed by atoms with Gasteiger partial charge in [0.1, 0.15) is 11.4 Å². The van der Waals surface area contributed by atoms with Crippen molar-refractivity contribution in [3.05, 3.63) is 23.9 Å². The number of hydrogen-bond acceptors (Lipinski definition) is 4. The normalized spacial score (nSPS) is 10.3. The zero-order chi connectivity index (χ0) is 14.7. The first kappa shape index (κ1) is 13.9. The van der Waals surface area contributed by atoms with Gasteiger partial charge in [0.25, 0.3) is 0 Å². The summed E-state index contributed by atoms with van der Waals surface area (Å²) >= 11 is 0. The molecule has 6 heteroatoms. The number of aromatic nitrogens is 1. The molecule has 0 radical (unpaired) electrons. The van der Waals surface area contributed by atoms with Crippen LogP contribution in [0.1, 0.15) is 24.3 Å². The molecule has 1 aromatic carbocycles. The van der Waals surface area contributed by atoms with Crippen LogP contribution in [0.5, 0.6) is 5.75 Å². The Morgan fingerprint density at radius 3 is 2.65 bits per heavy atom. The maximum Gasteiger partial charge on any atom is 0.354 e. The van der Waals surface area contributed by atoms with Crippen molar-refractivity contribution in [1.82, 2.24) is 4.98 Å². The highest BCUT2D eigenvalue weighted by atomic mass is 16.5. The number of methoxy groups -OCH3 is 1. The number of fused-ring (bicyclic) bond motifs is 1. The largest absolute Gasteiger partial charge is 0.494 e. The summed E-state index contributed by atoms with van der Waals surface area (Å²) in [5.41, 5.74) is 1.66. The Balaban J connectivity index is 2.46. The zero-order valence-corrected chi connectivity index (χ0v) is 11.6. The van der Waals surface area contributed by atoms with Crippen molar-refractivity contribution in [2.24, 2.45) is 0 Å². The van der Waals surface area contributed by atoms with Crippen LogP contribution in [-0.2, 0) is 9.53 Å². The molecule has 2 rings (SSSR count). The number of rotatable bonds is 4. The number of esters is 1. The molecule has 0 bridgehead atoms. The first-order valence-corrected chi connectivity index (χ1v) is 6.20. The number of nitrogens with one attached hydrogen (secondary N) is 2. The Bertz CT molecular complexity index is 660. The molecule has 0 saturated carbocycles. The number of carbonyl (C=O) groups is 2. The minimum atomic E-state index is -0.413. The highest BCUT2D eigenvalue weighted by molar-refractivity contribution is 5.99. The summed E-state index contributed by atoms with van der Waals surface area (Å²) in [7, 11) is 1.52. The van der Waals surface area contributed by atoms with Gasteiger partial charge in [-0.1, -0.05) is 0 Å². The highest BCUT2D eigenvalue weighted by Gasteiger charge is 2.13. The van der Waals surface area contributed by atoms with E-state index < -0.39 is 5.97 Å². The Kier molecular flexibility index (Phi) is 3.93. The lowest BCUT2D eigenvalue weighted by Gasteiger charge is -2.08.